The highest BCUT2D eigenvalue weighted by Crippen LogP contribution is 2.70. The van der Waals surface area contributed by atoms with Gasteiger partial charge in [0.1, 0.15) is 0 Å². The molecule has 0 saturated heterocycles. The van der Waals surface area contributed by atoms with Crippen LogP contribution in [0.3, 0.4) is 0 Å². The summed E-state index contributed by atoms with van der Waals surface area (Å²) >= 11 is 0. The maximum Gasteiger partial charge on any atom is 0.164 e. The maximum atomic E-state index is 5.26. The van der Waals surface area contributed by atoms with Crippen molar-refractivity contribution in [3.05, 3.63) is 151 Å². The molecule has 12 rings (SSSR count). The van der Waals surface area contributed by atoms with Crippen LogP contribution in [0.2, 0.25) is 0 Å². The fourth-order valence-corrected chi connectivity index (χ4v) is 10.9. The summed E-state index contributed by atoms with van der Waals surface area (Å²) in [7, 11) is 0. The average Bonchev–Trinajstić information content (AvgIpc) is 3.48. The van der Waals surface area contributed by atoms with Crippen LogP contribution in [0.5, 0.6) is 0 Å². The molecule has 240 valence electrons. The predicted octanol–water partition coefficient (Wildman–Crippen LogP) is 11.4. The van der Waals surface area contributed by atoms with Gasteiger partial charge in [-0.15, -0.1) is 0 Å². The smallest absolute Gasteiger partial charge is 0.164 e. The minimum absolute atomic E-state index is 0.0558. The number of nitrogens with zero attached hydrogens (tertiary/aromatic N) is 3. The van der Waals surface area contributed by atoms with Crippen LogP contribution in [0.1, 0.15) is 43.2 Å². The second kappa shape index (κ2) is 10.8. The van der Waals surface area contributed by atoms with Crippen LogP contribution in [0, 0.1) is 23.7 Å². The molecule has 1 aromatic heterocycles. The Morgan fingerprint density at radius 1 is 0.420 bits per heavy atom. The minimum Gasteiger partial charge on any atom is -0.208 e. The summed E-state index contributed by atoms with van der Waals surface area (Å²) < 4.78 is 0. The first-order valence-electron chi connectivity index (χ1n) is 18.4. The van der Waals surface area contributed by atoms with Crippen LogP contribution >= 0.6 is 0 Å². The molecule has 1 spiro atoms. The summed E-state index contributed by atoms with van der Waals surface area (Å²) in [5.41, 5.74) is 11.4. The molecule has 0 aliphatic heterocycles. The molecule has 0 amide bonds. The van der Waals surface area contributed by atoms with Crippen LogP contribution in [-0.4, -0.2) is 15.0 Å². The summed E-state index contributed by atoms with van der Waals surface area (Å²) in [6.07, 6.45) is 6.87. The Bertz CT molecular complexity index is 2420. The van der Waals surface area contributed by atoms with Crippen LogP contribution in [0.15, 0.2) is 140 Å². The lowest BCUT2D eigenvalue weighted by Crippen LogP contribution is -2.55. The summed E-state index contributed by atoms with van der Waals surface area (Å²) in [5, 5.41) is 2.71. The van der Waals surface area contributed by atoms with Crippen LogP contribution in [-0.2, 0) is 5.41 Å². The molecule has 4 saturated carbocycles. The van der Waals surface area contributed by atoms with E-state index in [0.717, 1.165) is 39.9 Å². The Hall–Kier alpha value is -5.41. The van der Waals surface area contributed by atoms with Crippen molar-refractivity contribution in [3.63, 3.8) is 0 Å². The molecule has 5 aliphatic rings. The third-order valence-corrected chi connectivity index (χ3v) is 12.7. The molecule has 3 nitrogen and oxygen atoms in total. The minimum atomic E-state index is 0.0558. The fraction of sp³-hybridized carbons (Fsp3) is 0.213. The van der Waals surface area contributed by atoms with Crippen molar-refractivity contribution in [3.8, 4) is 56.4 Å². The number of fused-ring (bicyclic) bond motifs is 5. The van der Waals surface area contributed by atoms with Gasteiger partial charge in [0, 0.05) is 22.1 Å². The zero-order valence-corrected chi connectivity index (χ0v) is 28.0. The highest BCUT2D eigenvalue weighted by Gasteiger charge is 2.61. The summed E-state index contributed by atoms with van der Waals surface area (Å²) in [6, 6.07) is 50.5. The first kappa shape index (κ1) is 28.4. The number of benzene rings is 6. The van der Waals surface area contributed by atoms with Gasteiger partial charge in [0.2, 0.25) is 0 Å². The molecule has 5 aliphatic carbocycles. The van der Waals surface area contributed by atoms with Crippen molar-refractivity contribution < 1.29 is 0 Å². The van der Waals surface area contributed by atoms with Gasteiger partial charge in [-0.1, -0.05) is 127 Å². The SMILES string of the molecule is c1ccc(-c2cccc(-c3nc(-c4ccccc4)nc(-c4ccc5c(c4)C4(c6ccc7ccccc7c6-5)C5CC6CC(C5)CC4C6)n3)c2)cc1. The zero-order valence-electron chi connectivity index (χ0n) is 28.0. The summed E-state index contributed by atoms with van der Waals surface area (Å²) in [6.45, 7) is 0. The monoisotopic (exact) mass is 643 g/mol. The largest absolute Gasteiger partial charge is 0.208 e. The lowest BCUT2D eigenvalue weighted by atomic mass is 9.43. The molecule has 0 N–H and O–H groups in total. The van der Waals surface area contributed by atoms with Gasteiger partial charge in [-0.2, -0.15) is 0 Å². The Kier molecular flexibility index (Phi) is 6.14. The second-order valence-corrected chi connectivity index (χ2v) is 15.3. The Balaban J connectivity index is 1.12. The number of aromatic nitrogens is 3. The van der Waals surface area contributed by atoms with Gasteiger partial charge in [-0.05, 0) is 112 Å². The van der Waals surface area contributed by atoms with E-state index in [9.17, 15) is 0 Å². The first-order valence-corrected chi connectivity index (χ1v) is 18.4. The molecule has 50 heavy (non-hydrogen) atoms. The van der Waals surface area contributed by atoms with Gasteiger partial charge < -0.3 is 0 Å². The van der Waals surface area contributed by atoms with Gasteiger partial charge in [0.05, 0.1) is 0 Å². The molecule has 7 aromatic rings. The molecule has 3 heteroatoms. The molecular weight excluding hydrogens is 607 g/mol. The third-order valence-electron chi connectivity index (χ3n) is 12.7. The van der Waals surface area contributed by atoms with E-state index in [-0.39, 0.29) is 5.41 Å². The molecule has 1 heterocycles. The highest BCUT2D eigenvalue weighted by molar-refractivity contribution is 6.03. The predicted molar refractivity (Wildman–Crippen MR) is 202 cm³/mol. The van der Waals surface area contributed by atoms with Crippen molar-refractivity contribution >= 4 is 10.8 Å². The number of hydrogen-bond acceptors (Lipinski definition) is 3. The lowest BCUT2D eigenvalue weighted by molar-refractivity contribution is -0.0399. The molecule has 0 unspecified atom stereocenters. The van der Waals surface area contributed by atoms with Crippen LogP contribution in [0.4, 0.5) is 0 Å². The van der Waals surface area contributed by atoms with E-state index in [4.69, 9.17) is 15.0 Å². The normalized spacial score (nSPS) is 24.1. The van der Waals surface area contributed by atoms with E-state index < -0.39 is 0 Å². The van der Waals surface area contributed by atoms with E-state index in [0.29, 0.717) is 23.5 Å². The van der Waals surface area contributed by atoms with E-state index >= 15 is 0 Å². The Labute approximate surface area is 293 Å². The number of hydrogen-bond donors (Lipinski definition) is 0. The average molecular weight is 644 g/mol. The molecular formula is C47H37N3. The quantitative estimate of drug-likeness (QED) is 0.192. The van der Waals surface area contributed by atoms with Crippen molar-refractivity contribution in [2.75, 3.05) is 0 Å². The Morgan fingerprint density at radius 2 is 1.00 bits per heavy atom. The van der Waals surface area contributed by atoms with E-state index in [1.807, 2.05) is 6.07 Å². The van der Waals surface area contributed by atoms with E-state index in [2.05, 4.69) is 133 Å². The lowest BCUT2D eigenvalue weighted by Gasteiger charge is -2.61. The number of rotatable bonds is 4. The first-order chi connectivity index (χ1) is 24.7. The molecule has 4 bridgehead atoms. The van der Waals surface area contributed by atoms with Crippen molar-refractivity contribution in [2.45, 2.75) is 37.5 Å². The van der Waals surface area contributed by atoms with Gasteiger partial charge >= 0.3 is 0 Å². The molecule has 0 radical (unpaired) electrons. The van der Waals surface area contributed by atoms with Crippen molar-refractivity contribution in [1.29, 1.82) is 0 Å². The van der Waals surface area contributed by atoms with Gasteiger partial charge in [-0.3, -0.25) is 0 Å². The van der Waals surface area contributed by atoms with Crippen molar-refractivity contribution in [2.24, 2.45) is 23.7 Å². The Morgan fingerprint density at radius 3 is 1.72 bits per heavy atom. The second-order valence-electron chi connectivity index (χ2n) is 15.3. The van der Waals surface area contributed by atoms with E-state index in [1.165, 1.54) is 65.1 Å². The standard InChI is InChI=1S/C47H37N3/c1-3-10-31(11-4-1)34-15-9-16-35(27-34)45-48-44(33-13-5-2-6-14-33)49-46(50-45)36-18-20-40-42(28-36)47(37-23-29-22-30(25-37)26-38(47)24-29)41-21-19-32-12-7-8-17-39(32)43(40)41/h1-21,27-30,37-38H,22-26H2. The van der Waals surface area contributed by atoms with Crippen LogP contribution in [0.25, 0.3) is 67.2 Å². The summed E-state index contributed by atoms with van der Waals surface area (Å²) in [4.78, 5) is 15.6. The third kappa shape index (κ3) is 4.13. The van der Waals surface area contributed by atoms with Gasteiger partial charge in [-0.25, -0.2) is 15.0 Å². The maximum absolute atomic E-state index is 5.26. The van der Waals surface area contributed by atoms with E-state index in [1.54, 1.807) is 5.56 Å². The molecule has 6 aromatic carbocycles. The highest BCUT2D eigenvalue weighted by atomic mass is 15.0. The zero-order chi connectivity index (χ0) is 32.8. The van der Waals surface area contributed by atoms with Gasteiger partial charge in [0.15, 0.2) is 17.5 Å². The fourth-order valence-electron chi connectivity index (χ4n) is 10.9. The van der Waals surface area contributed by atoms with Crippen molar-refractivity contribution in [1.82, 2.24) is 15.0 Å². The van der Waals surface area contributed by atoms with Crippen LogP contribution < -0.4 is 0 Å². The summed E-state index contributed by atoms with van der Waals surface area (Å²) in [5.74, 6) is 5.30. The topological polar surface area (TPSA) is 38.7 Å². The molecule has 0 atom stereocenters. The molecule has 4 fully saturated rings. The van der Waals surface area contributed by atoms with Gasteiger partial charge in [0.25, 0.3) is 0 Å².